The number of hydrogen-bond donors (Lipinski definition) is 1. The molecule has 2 aliphatic heterocycles. The quantitative estimate of drug-likeness (QED) is 0.597. The standard InChI is InChI=1S/C20H30O4/c1-13(2)19-10-11-20(24-23-19)14(12-19)6-7-15-17(3,16(21)22)8-5-9-18(15,20)4/h12-13,15H,5-11H2,1-4H3,(H,21,22)/t15-,17+,18-,19+,20-/m1/s1. The highest BCUT2D eigenvalue weighted by Crippen LogP contribution is 2.68. The van der Waals surface area contributed by atoms with Crippen LogP contribution in [0.3, 0.4) is 0 Å². The van der Waals surface area contributed by atoms with Gasteiger partial charge in [-0.05, 0) is 68.9 Å². The predicted octanol–water partition coefficient (Wildman–Crippen LogP) is 4.49. The Balaban J connectivity index is 1.81. The van der Waals surface area contributed by atoms with Crippen LogP contribution >= 0.6 is 0 Å². The second-order valence-corrected chi connectivity index (χ2v) is 9.36. The van der Waals surface area contributed by atoms with Crippen LogP contribution in [-0.4, -0.2) is 22.3 Å². The fourth-order valence-corrected chi connectivity index (χ4v) is 6.45. The van der Waals surface area contributed by atoms with Crippen molar-refractivity contribution in [1.29, 1.82) is 0 Å². The van der Waals surface area contributed by atoms with Gasteiger partial charge in [0.25, 0.3) is 0 Å². The van der Waals surface area contributed by atoms with E-state index < -0.39 is 17.0 Å². The van der Waals surface area contributed by atoms with Crippen molar-refractivity contribution in [3.05, 3.63) is 11.6 Å². The molecule has 134 valence electrons. The molecule has 0 aromatic carbocycles. The van der Waals surface area contributed by atoms with Crippen molar-refractivity contribution in [2.45, 2.75) is 83.8 Å². The highest BCUT2D eigenvalue weighted by molar-refractivity contribution is 5.75. The lowest BCUT2D eigenvalue weighted by atomic mass is 9.43. The largest absolute Gasteiger partial charge is 0.481 e. The van der Waals surface area contributed by atoms with Gasteiger partial charge in [0, 0.05) is 5.41 Å². The Morgan fingerprint density at radius 1 is 1.21 bits per heavy atom. The van der Waals surface area contributed by atoms with Gasteiger partial charge < -0.3 is 5.11 Å². The molecule has 24 heavy (non-hydrogen) atoms. The maximum absolute atomic E-state index is 12.1. The van der Waals surface area contributed by atoms with E-state index >= 15 is 0 Å². The summed E-state index contributed by atoms with van der Waals surface area (Å²) in [6.45, 7) is 8.60. The minimum atomic E-state index is -0.652. The third-order valence-corrected chi connectivity index (χ3v) is 8.17. The van der Waals surface area contributed by atoms with Crippen molar-refractivity contribution in [2.24, 2.45) is 22.7 Å². The zero-order chi connectivity index (χ0) is 17.4. The Morgan fingerprint density at radius 3 is 2.54 bits per heavy atom. The van der Waals surface area contributed by atoms with E-state index in [1.54, 1.807) is 0 Å². The van der Waals surface area contributed by atoms with Crippen molar-refractivity contribution in [2.75, 3.05) is 0 Å². The van der Waals surface area contributed by atoms with Gasteiger partial charge >= 0.3 is 5.97 Å². The second-order valence-electron chi connectivity index (χ2n) is 9.36. The molecule has 1 N–H and O–H groups in total. The summed E-state index contributed by atoms with van der Waals surface area (Å²) in [6.07, 6.45) is 8.91. The molecule has 0 unspecified atom stereocenters. The zero-order valence-electron chi connectivity index (χ0n) is 15.4. The van der Waals surface area contributed by atoms with Gasteiger partial charge in [0.05, 0.1) is 5.41 Å². The molecule has 3 fully saturated rings. The second kappa shape index (κ2) is 4.85. The Kier molecular flexibility index (Phi) is 3.35. The van der Waals surface area contributed by atoms with Gasteiger partial charge in [0.15, 0.2) is 0 Å². The first-order valence-electron chi connectivity index (χ1n) is 9.53. The van der Waals surface area contributed by atoms with Crippen LogP contribution in [0.1, 0.15) is 72.6 Å². The van der Waals surface area contributed by atoms with E-state index in [-0.39, 0.29) is 16.9 Å². The zero-order valence-corrected chi connectivity index (χ0v) is 15.4. The average Bonchev–Trinajstić information content (AvgIpc) is 2.55. The first-order chi connectivity index (χ1) is 11.2. The number of hydrogen-bond acceptors (Lipinski definition) is 3. The average molecular weight is 334 g/mol. The molecule has 0 aromatic rings. The molecule has 3 aliphatic carbocycles. The molecule has 5 aliphatic rings. The fraction of sp³-hybridized carbons (Fsp3) is 0.850. The summed E-state index contributed by atoms with van der Waals surface area (Å²) in [4.78, 5) is 24.3. The van der Waals surface area contributed by atoms with Gasteiger partial charge in [-0.1, -0.05) is 27.2 Å². The van der Waals surface area contributed by atoms with Crippen LogP contribution in [0.5, 0.6) is 0 Å². The van der Waals surface area contributed by atoms with Gasteiger partial charge in [-0.15, -0.1) is 0 Å². The molecular formula is C20H30O4. The van der Waals surface area contributed by atoms with Crippen LogP contribution in [0.4, 0.5) is 0 Å². The molecule has 4 nitrogen and oxygen atoms in total. The molecule has 0 amide bonds. The van der Waals surface area contributed by atoms with E-state index in [0.717, 1.165) is 44.9 Å². The lowest BCUT2D eigenvalue weighted by molar-refractivity contribution is -0.465. The number of carboxylic acid groups (broad SMARTS) is 1. The van der Waals surface area contributed by atoms with Gasteiger partial charge in [0.2, 0.25) is 0 Å². The van der Waals surface area contributed by atoms with Gasteiger partial charge in [0.1, 0.15) is 11.2 Å². The van der Waals surface area contributed by atoms with Crippen molar-refractivity contribution < 1.29 is 19.7 Å². The van der Waals surface area contributed by atoms with Crippen LogP contribution in [-0.2, 0) is 14.6 Å². The summed E-state index contributed by atoms with van der Waals surface area (Å²) >= 11 is 0. The number of carboxylic acids is 1. The number of rotatable bonds is 2. The Bertz CT molecular complexity index is 599. The van der Waals surface area contributed by atoms with E-state index in [9.17, 15) is 9.90 Å². The normalized spacial score (nSPS) is 50.2. The molecule has 1 spiro atoms. The highest BCUT2D eigenvalue weighted by atomic mass is 17.2. The molecule has 2 bridgehead atoms. The third kappa shape index (κ3) is 1.74. The molecular weight excluding hydrogens is 304 g/mol. The van der Waals surface area contributed by atoms with E-state index in [0.29, 0.717) is 5.92 Å². The molecule has 2 saturated carbocycles. The number of fused-ring (bicyclic) bond motifs is 3. The van der Waals surface area contributed by atoms with E-state index in [1.165, 1.54) is 5.57 Å². The molecule has 0 aromatic heterocycles. The van der Waals surface area contributed by atoms with Crippen molar-refractivity contribution >= 4 is 5.97 Å². The molecule has 5 atom stereocenters. The lowest BCUT2D eigenvalue weighted by Gasteiger charge is -2.66. The Labute approximate surface area is 144 Å². The minimum Gasteiger partial charge on any atom is -0.481 e. The molecule has 1 saturated heterocycles. The molecule has 5 rings (SSSR count). The van der Waals surface area contributed by atoms with E-state index in [2.05, 4.69) is 26.8 Å². The molecule has 2 heterocycles. The summed E-state index contributed by atoms with van der Waals surface area (Å²) in [5.41, 5.74) is -0.136. The fourth-order valence-electron chi connectivity index (χ4n) is 6.45. The maximum atomic E-state index is 12.1. The van der Waals surface area contributed by atoms with E-state index in [1.807, 2.05) is 6.92 Å². The van der Waals surface area contributed by atoms with Crippen molar-refractivity contribution in [1.82, 2.24) is 0 Å². The number of aliphatic carboxylic acids is 1. The van der Waals surface area contributed by atoms with Crippen LogP contribution in [0.15, 0.2) is 11.6 Å². The predicted molar refractivity (Wildman–Crippen MR) is 90.2 cm³/mol. The van der Waals surface area contributed by atoms with Crippen molar-refractivity contribution in [3.8, 4) is 0 Å². The summed E-state index contributed by atoms with van der Waals surface area (Å²) < 4.78 is 0. The van der Waals surface area contributed by atoms with Gasteiger partial charge in [-0.2, -0.15) is 0 Å². The minimum absolute atomic E-state index is 0.140. The first-order valence-corrected chi connectivity index (χ1v) is 9.53. The SMILES string of the molecule is CC(C)[C@@]12C=C3CC[C@@H]4[C@@](C)(C(=O)O)CCC[C@@]4(C)[C@]3(CC1)OO2. The Hall–Kier alpha value is -0.870. The highest BCUT2D eigenvalue weighted by Gasteiger charge is 2.69. The monoisotopic (exact) mass is 334 g/mol. The van der Waals surface area contributed by atoms with E-state index in [4.69, 9.17) is 9.78 Å². The smallest absolute Gasteiger partial charge is 0.309 e. The summed E-state index contributed by atoms with van der Waals surface area (Å²) in [6, 6.07) is 0. The topological polar surface area (TPSA) is 55.8 Å². The third-order valence-electron chi connectivity index (χ3n) is 8.17. The summed E-state index contributed by atoms with van der Waals surface area (Å²) in [7, 11) is 0. The maximum Gasteiger partial charge on any atom is 0.309 e. The molecule has 0 radical (unpaired) electrons. The molecule has 4 heteroatoms. The summed E-state index contributed by atoms with van der Waals surface area (Å²) in [5.74, 6) is -0.127. The van der Waals surface area contributed by atoms with Crippen molar-refractivity contribution in [3.63, 3.8) is 0 Å². The number of carbonyl (C=O) groups is 1. The van der Waals surface area contributed by atoms with Crippen LogP contribution < -0.4 is 0 Å². The van der Waals surface area contributed by atoms with Gasteiger partial charge in [-0.3, -0.25) is 4.79 Å². The van der Waals surface area contributed by atoms with Gasteiger partial charge in [-0.25, -0.2) is 9.78 Å². The lowest BCUT2D eigenvalue weighted by Crippen LogP contribution is -2.68. The Morgan fingerprint density at radius 2 is 1.96 bits per heavy atom. The van der Waals surface area contributed by atoms with Crippen LogP contribution in [0.2, 0.25) is 0 Å². The van der Waals surface area contributed by atoms with Crippen LogP contribution in [0.25, 0.3) is 0 Å². The summed E-state index contributed by atoms with van der Waals surface area (Å²) in [5, 5.41) is 9.94. The van der Waals surface area contributed by atoms with Crippen LogP contribution in [0, 0.1) is 22.7 Å². The first kappa shape index (κ1) is 16.6.